The predicted molar refractivity (Wildman–Crippen MR) is 112 cm³/mol. The quantitative estimate of drug-likeness (QED) is 0.601. The molecule has 3 aromatic rings. The third kappa shape index (κ3) is 4.65. The second-order valence-corrected chi connectivity index (χ2v) is 7.10. The van der Waals surface area contributed by atoms with Crippen LogP contribution in [0.25, 0.3) is 5.69 Å². The summed E-state index contributed by atoms with van der Waals surface area (Å²) in [5.41, 5.74) is 2.29. The molecule has 1 aromatic heterocycles. The molecule has 0 saturated carbocycles. The third-order valence-electron chi connectivity index (χ3n) is 4.93. The zero-order valence-electron chi connectivity index (χ0n) is 17.5. The summed E-state index contributed by atoms with van der Waals surface area (Å²) in [5, 5.41) is 4.11. The van der Waals surface area contributed by atoms with Crippen LogP contribution in [-0.4, -0.2) is 64.1 Å². The van der Waals surface area contributed by atoms with Gasteiger partial charge in [0.25, 0.3) is 11.8 Å². The third-order valence-corrected chi connectivity index (χ3v) is 4.93. The first-order valence-corrected chi connectivity index (χ1v) is 9.52. The lowest BCUT2D eigenvalue weighted by molar-refractivity contribution is -0.130. The van der Waals surface area contributed by atoms with Gasteiger partial charge in [0.2, 0.25) is 0 Å². The zero-order valence-corrected chi connectivity index (χ0v) is 17.5. The van der Waals surface area contributed by atoms with Crippen LogP contribution in [0.3, 0.4) is 0 Å². The molecule has 0 aliphatic rings. The van der Waals surface area contributed by atoms with E-state index >= 15 is 0 Å². The molecule has 0 saturated heterocycles. The summed E-state index contributed by atoms with van der Waals surface area (Å²) in [6.45, 7) is 1.84. The van der Waals surface area contributed by atoms with Gasteiger partial charge >= 0.3 is 0 Å². The maximum atomic E-state index is 13.1. The molecule has 8 nitrogen and oxygen atoms in total. The fourth-order valence-corrected chi connectivity index (χ4v) is 2.87. The Kier molecular flexibility index (Phi) is 6.46. The fraction of sp³-hybridized carbons (Fsp3) is 0.273. The first kappa shape index (κ1) is 21.0. The number of nitrogens with zero attached hydrogens (tertiary/aromatic N) is 5. The topological polar surface area (TPSA) is 80.6 Å². The summed E-state index contributed by atoms with van der Waals surface area (Å²) in [6.07, 6.45) is 3.11. The van der Waals surface area contributed by atoms with Crippen molar-refractivity contribution in [3.05, 3.63) is 72.3 Å². The molecule has 2 aromatic carbocycles. The van der Waals surface area contributed by atoms with Crippen molar-refractivity contribution < 1.29 is 14.3 Å². The van der Waals surface area contributed by atoms with E-state index in [0.29, 0.717) is 11.3 Å². The standard InChI is InChI=1S/C22H25N5O3/c1-16(17-9-11-18(12-10-17)27-15-23-14-24-27)26(4)22(29)19-7-5-6-8-20(19)30-13-21(28)25(2)3/h5-12,14-16H,13H2,1-4H3. The minimum absolute atomic E-state index is 0.125. The molecule has 1 heterocycles. The number of ether oxygens (including phenoxy) is 1. The average Bonchev–Trinajstić information content (AvgIpc) is 3.31. The smallest absolute Gasteiger partial charge is 0.259 e. The number of carbonyl (C=O) groups excluding carboxylic acids is 2. The summed E-state index contributed by atoms with van der Waals surface area (Å²) < 4.78 is 7.29. The molecular formula is C22H25N5O3. The Labute approximate surface area is 175 Å². The Morgan fingerprint density at radius 2 is 1.77 bits per heavy atom. The van der Waals surface area contributed by atoms with Crippen LogP contribution in [0.4, 0.5) is 0 Å². The van der Waals surface area contributed by atoms with E-state index in [0.717, 1.165) is 11.3 Å². The van der Waals surface area contributed by atoms with Gasteiger partial charge in [0.15, 0.2) is 6.61 Å². The molecule has 0 fully saturated rings. The molecular weight excluding hydrogens is 382 g/mol. The van der Waals surface area contributed by atoms with Gasteiger partial charge in [-0.25, -0.2) is 9.67 Å². The van der Waals surface area contributed by atoms with E-state index in [9.17, 15) is 9.59 Å². The van der Waals surface area contributed by atoms with Crippen molar-refractivity contribution in [3.8, 4) is 11.4 Å². The van der Waals surface area contributed by atoms with Gasteiger partial charge in [0.1, 0.15) is 18.4 Å². The van der Waals surface area contributed by atoms with Crippen molar-refractivity contribution in [2.45, 2.75) is 13.0 Å². The summed E-state index contributed by atoms with van der Waals surface area (Å²) in [7, 11) is 5.07. The highest BCUT2D eigenvalue weighted by atomic mass is 16.5. The second-order valence-electron chi connectivity index (χ2n) is 7.10. The van der Waals surface area contributed by atoms with E-state index in [4.69, 9.17) is 4.74 Å². The fourth-order valence-electron chi connectivity index (χ4n) is 2.87. The zero-order chi connectivity index (χ0) is 21.7. The number of rotatable bonds is 7. The number of amides is 2. The number of likely N-dealkylation sites (N-methyl/N-ethyl adjacent to an activating group) is 1. The molecule has 0 radical (unpaired) electrons. The number of hydrogen-bond acceptors (Lipinski definition) is 5. The van der Waals surface area contributed by atoms with E-state index in [1.54, 1.807) is 61.3 Å². The minimum atomic E-state index is -0.184. The molecule has 3 rings (SSSR count). The van der Waals surface area contributed by atoms with Crippen molar-refractivity contribution >= 4 is 11.8 Å². The van der Waals surface area contributed by atoms with Gasteiger partial charge in [-0.3, -0.25) is 9.59 Å². The Morgan fingerprint density at radius 3 is 2.40 bits per heavy atom. The van der Waals surface area contributed by atoms with Gasteiger partial charge < -0.3 is 14.5 Å². The molecule has 1 unspecified atom stereocenters. The summed E-state index contributed by atoms with van der Waals surface area (Å²) in [6, 6.07) is 14.6. The van der Waals surface area contributed by atoms with Crippen molar-refractivity contribution in [3.63, 3.8) is 0 Å². The summed E-state index contributed by atoms with van der Waals surface area (Å²) in [4.78, 5) is 32.0. The van der Waals surface area contributed by atoms with E-state index in [1.807, 2.05) is 31.2 Å². The molecule has 0 N–H and O–H groups in total. The van der Waals surface area contributed by atoms with Crippen LogP contribution in [0, 0.1) is 0 Å². The predicted octanol–water partition coefficient (Wildman–Crippen LogP) is 2.57. The van der Waals surface area contributed by atoms with Crippen molar-refractivity contribution in [2.24, 2.45) is 0 Å². The minimum Gasteiger partial charge on any atom is -0.483 e. The normalized spacial score (nSPS) is 11.6. The van der Waals surface area contributed by atoms with Crippen LogP contribution in [-0.2, 0) is 4.79 Å². The van der Waals surface area contributed by atoms with E-state index in [-0.39, 0.29) is 24.5 Å². The molecule has 0 bridgehead atoms. The number of para-hydroxylation sites is 1. The molecule has 156 valence electrons. The molecule has 0 aliphatic carbocycles. The highest BCUT2D eigenvalue weighted by molar-refractivity contribution is 5.97. The van der Waals surface area contributed by atoms with E-state index in [2.05, 4.69) is 10.1 Å². The van der Waals surface area contributed by atoms with Gasteiger partial charge in [-0.2, -0.15) is 5.10 Å². The van der Waals surface area contributed by atoms with Gasteiger partial charge in [0, 0.05) is 21.1 Å². The molecule has 0 spiro atoms. The van der Waals surface area contributed by atoms with Crippen LogP contribution in [0.5, 0.6) is 5.75 Å². The largest absolute Gasteiger partial charge is 0.483 e. The van der Waals surface area contributed by atoms with Crippen LogP contribution < -0.4 is 4.74 Å². The Bertz CT molecular complexity index is 1000. The molecule has 1 atom stereocenters. The highest BCUT2D eigenvalue weighted by Gasteiger charge is 2.22. The van der Waals surface area contributed by atoms with Crippen LogP contribution in [0.15, 0.2) is 61.2 Å². The maximum absolute atomic E-state index is 13.1. The van der Waals surface area contributed by atoms with Crippen molar-refractivity contribution in [1.82, 2.24) is 24.6 Å². The lowest BCUT2D eigenvalue weighted by atomic mass is 10.1. The summed E-state index contributed by atoms with van der Waals surface area (Å²) >= 11 is 0. The first-order chi connectivity index (χ1) is 14.4. The van der Waals surface area contributed by atoms with Gasteiger partial charge in [-0.15, -0.1) is 0 Å². The Hall–Kier alpha value is -3.68. The number of carbonyl (C=O) groups is 2. The van der Waals surface area contributed by atoms with Crippen molar-refractivity contribution in [2.75, 3.05) is 27.7 Å². The van der Waals surface area contributed by atoms with Gasteiger partial charge in [-0.1, -0.05) is 24.3 Å². The highest BCUT2D eigenvalue weighted by Crippen LogP contribution is 2.25. The number of aromatic nitrogens is 3. The van der Waals surface area contributed by atoms with Crippen molar-refractivity contribution in [1.29, 1.82) is 0 Å². The number of hydrogen-bond donors (Lipinski definition) is 0. The molecule has 8 heteroatoms. The molecule has 0 aliphatic heterocycles. The molecule has 30 heavy (non-hydrogen) atoms. The Balaban J connectivity index is 1.74. The van der Waals surface area contributed by atoms with E-state index < -0.39 is 0 Å². The van der Waals surface area contributed by atoms with Gasteiger partial charge in [0.05, 0.1) is 17.3 Å². The SMILES string of the molecule is CC(c1ccc(-n2cncn2)cc1)N(C)C(=O)c1ccccc1OCC(=O)N(C)C. The van der Waals surface area contributed by atoms with Crippen LogP contribution in [0.1, 0.15) is 28.9 Å². The van der Waals surface area contributed by atoms with E-state index in [1.165, 1.54) is 11.2 Å². The Morgan fingerprint density at radius 1 is 1.07 bits per heavy atom. The van der Waals surface area contributed by atoms with Gasteiger partial charge in [-0.05, 0) is 36.8 Å². The maximum Gasteiger partial charge on any atom is 0.259 e. The van der Waals surface area contributed by atoms with Crippen LogP contribution >= 0.6 is 0 Å². The lowest BCUT2D eigenvalue weighted by Crippen LogP contribution is -2.31. The molecule has 2 amide bonds. The average molecular weight is 407 g/mol. The second kappa shape index (κ2) is 9.21. The first-order valence-electron chi connectivity index (χ1n) is 9.52. The monoisotopic (exact) mass is 407 g/mol. The number of benzene rings is 2. The lowest BCUT2D eigenvalue weighted by Gasteiger charge is -2.26. The summed E-state index contributed by atoms with van der Waals surface area (Å²) in [5.74, 6) is 0.0282. The van der Waals surface area contributed by atoms with Crippen LogP contribution in [0.2, 0.25) is 0 Å².